The maximum Gasteiger partial charge on any atom is 0.228 e. The average Bonchev–Trinajstić information content (AvgIpc) is 2.95. The van der Waals surface area contributed by atoms with Crippen molar-refractivity contribution in [1.82, 2.24) is 5.32 Å². The molecule has 1 aliphatic heterocycles. The second kappa shape index (κ2) is 5.68. The van der Waals surface area contributed by atoms with Crippen molar-refractivity contribution < 1.29 is 14.0 Å². The van der Waals surface area contributed by atoms with E-state index in [1.54, 1.807) is 6.07 Å². The van der Waals surface area contributed by atoms with E-state index in [1.807, 2.05) is 0 Å². The molecule has 2 amide bonds. The van der Waals surface area contributed by atoms with Crippen LogP contribution in [0.15, 0.2) is 18.2 Å². The molecule has 1 unspecified atom stereocenters. The smallest absolute Gasteiger partial charge is 0.228 e. The van der Waals surface area contributed by atoms with Gasteiger partial charge in [-0.2, -0.15) is 0 Å². The van der Waals surface area contributed by atoms with Gasteiger partial charge in [-0.15, -0.1) is 0 Å². The minimum Gasteiger partial charge on any atom is -0.349 e. The molecule has 3 rings (SSSR count). The van der Waals surface area contributed by atoms with Crippen molar-refractivity contribution in [2.75, 3.05) is 11.9 Å². The number of nitrogens with one attached hydrogen (secondary N) is 2. The fourth-order valence-electron chi connectivity index (χ4n) is 3.45. The Labute approximate surface area is 128 Å². The normalized spacial score (nSPS) is 22.8. The number of amides is 2. The lowest BCUT2D eigenvalue weighted by molar-refractivity contribution is -0.127. The van der Waals surface area contributed by atoms with Gasteiger partial charge in [-0.05, 0) is 30.5 Å². The molecule has 1 aromatic carbocycles. The lowest BCUT2D eigenvalue weighted by Gasteiger charge is -2.32. The molecule has 0 bridgehead atoms. The van der Waals surface area contributed by atoms with Gasteiger partial charge in [-0.3, -0.25) is 9.59 Å². The van der Waals surface area contributed by atoms with Crippen LogP contribution < -0.4 is 16.4 Å². The van der Waals surface area contributed by atoms with Crippen molar-refractivity contribution in [1.29, 1.82) is 0 Å². The van der Waals surface area contributed by atoms with E-state index in [-0.39, 0.29) is 23.8 Å². The molecule has 0 radical (unpaired) electrons. The fraction of sp³-hybridized carbons (Fsp3) is 0.500. The van der Waals surface area contributed by atoms with Gasteiger partial charge in [0.05, 0.1) is 11.5 Å². The molecule has 4 N–H and O–H groups in total. The zero-order chi connectivity index (χ0) is 15.7. The first-order chi connectivity index (χ1) is 10.5. The Balaban J connectivity index is 1.85. The van der Waals surface area contributed by atoms with E-state index in [0.29, 0.717) is 17.8 Å². The molecule has 1 atom stereocenters. The fourth-order valence-corrected chi connectivity index (χ4v) is 3.45. The van der Waals surface area contributed by atoms with Crippen LogP contribution in [0.5, 0.6) is 0 Å². The number of hydrogen-bond acceptors (Lipinski definition) is 3. The summed E-state index contributed by atoms with van der Waals surface area (Å²) in [5.41, 5.74) is 6.52. The highest BCUT2D eigenvalue weighted by Crippen LogP contribution is 2.35. The zero-order valence-electron chi connectivity index (χ0n) is 12.3. The minimum absolute atomic E-state index is 0.0745. The number of benzene rings is 1. The molecule has 0 spiro atoms. The molecule has 1 aromatic rings. The summed E-state index contributed by atoms with van der Waals surface area (Å²) >= 11 is 0. The summed E-state index contributed by atoms with van der Waals surface area (Å²) in [4.78, 5) is 24.5. The highest BCUT2D eigenvalue weighted by Gasteiger charge is 2.38. The molecular weight excluding hydrogens is 285 g/mol. The Bertz CT molecular complexity index is 611. The Morgan fingerprint density at radius 2 is 2.14 bits per heavy atom. The third-order valence-corrected chi connectivity index (χ3v) is 4.71. The molecule has 1 aliphatic carbocycles. The van der Waals surface area contributed by atoms with Gasteiger partial charge in [0.15, 0.2) is 0 Å². The summed E-state index contributed by atoms with van der Waals surface area (Å²) in [6, 6.07) is 4.13. The SMILES string of the molecule is NCC1(NC(=O)C2CC(=O)Nc3cc(F)ccc32)CCCC1. The second-order valence-electron chi connectivity index (χ2n) is 6.22. The van der Waals surface area contributed by atoms with E-state index in [1.165, 1.54) is 12.1 Å². The maximum atomic E-state index is 13.3. The summed E-state index contributed by atoms with van der Waals surface area (Å²) < 4.78 is 13.3. The predicted molar refractivity (Wildman–Crippen MR) is 80.8 cm³/mol. The van der Waals surface area contributed by atoms with Crippen LogP contribution in [0.3, 0.4) is 0 Å². The van der Waals surface area contributed by atoms with Crippen LogP contribution in [0.4, 0.5) is 10.1 Å². The van der Waals surface area contributed by atoms with Crippen LogP contribution in [0.2, 0.25) is 0 Å². The molecule has 5 nitrogen and oxygen atoms in total. The van der Waals surface area contributed by atoms with Crippen molar-refractivity contribution in [3.63, 3.8) is 0 Å². The number of rotatable bonds is 3. The number of hydrogen-bond donors (Lipinski definition) is 3. The molecule has 118 valence electrons. The Morgan fingerprint density at radius 1 is 1.41 bits per heavy atom. The average molecular weight is 305 g/mol. The summed E-state index contributed by atoms with van der Waals surface area (Å²) in [6.45, 7) is 0.397. The molecule has 1 fully saturated rings. The molecule has 6 heteroatoms. The molecule has 0 saturated heterocycles. The lowest BCUT2D eigenvalue weighted by Crippen LogP contribution is -2.53. The van der Waals surface area contributed by atoms with Crippen LogP contribution in [-0.4, -0.2) is 23.9 Å². The van der Waals surface area contributed by atoms with Gasteiger partial charge in [0, 0.05) is 18.7 Å². The topological polar surface area (TPSA) is 84.2 Å². The molecule has 0 aromatic heterocycles. The number of carbonyl (C=O) groups excluding carboxylic acids is 2. The minimum atomic E-state index is -0.589. The van der Waals surface area contributed by atoms with Gasteiger partial charge >= 0.3 is 0 Å². The monoisotopic (exact) mass is 305 g/mol. The van der Waals surface area contributed by atoms with Gasteiger partial charge in [0.1, 0.15) is 5.82 Å². The Hall–Kier alpha value is -1.95. The first-order valence-electron chi connectivity index (χ1n) is 7.64. The van der Waals surface area contributed by atoms with Crippen molar-refractivity contribution in [2.24, 2.45) is 5.73 Å². The van der Waals surface area contributed by atoms with Gasteiger partial charge in [-0.25, -0.2) is 4.39 Å². The Morgan fingerprint density at radius 3 is 2.82 bits per heavy atom. The van der Waals surface area contributed by atoms with Crippen LogP contribution in [-0.2, 0) is 9.59 Å². The third-order valence-electron chi connectivity index (χ3n) is 4.71. The number of fused-ring (bicyclic) bond motifs is 1. The summed E-state index contributed by atoms with van der Waals surface area (Å²) in [7, 11) is 0. The van der Waals surface area contributed by atoms with Crippen molar-refractivity contribution in [3.05, 3.63) is 29.6 Å². The number of carbonyl (C=O) groups is 2. The number of nitrogens with two attached hydrogens (primary N) is 1. The van der Waals surface area contributed by atoms with E-state index in [9.17, 15) is 14.0 Å². The van der Waals surface area contributed by atoms with Crippen LogP contribution in [0.1, 0.15) is 43.6 Å². The van der Waals surface area contributed by atoms with Crippen LogP contribution in [0.25, 0.3) is 0 Å². The number of halogens is 1. The van der Waals surface area contributed by atoms with E-state index in [2.05, 4.69) is 10.6 Å². The second-order valence-corrected chi connectivity index (χ2v) is 6.22. The Kier molecular flexibility index (Phi) is 3.87. The van der Waals surface area contributed by atoms with Crippen LogP contribution in [0, 0.1) is 5.82 Å². The lowest BCUT2D eigenvalue weighted by atomic mass is 9.88. The molecule has 22 heavy (non-hydrogen) atoms. The summed E-state index contributed by atoms with van der Waals surface area (Å²) in [5, 5.41) is 5.67. The first-order valence-corrected chi connectivity index (χ1v) is 7.64. The first kappa shape index (κ1) is 15.0. The van der Waals surface area contributed by atoms with Crippen LogP contribution >= 0.6 is 0 Å². The summed E-state index contributed by atoms with van der Waals surface area (Å²) in [6.07, 6.45) is 3.90. The molecule has 1 heterocycles. The predicted octanol–water partition coefficient (Wildman–Crippen LogP) is 1.64. The van der Waals surface area contributed by atoms with Crippen molar-refractivity contribution >= 4 is 17.5 Å². The maximum absolute atomic E-state index is 13.3. The van der Waals surface area contributed by atoms with Gasteiger partial charge in [0.2, 0.25) is 11.8 Å². The zero-order valence-corrected chi connectivity index (χ0v) is 12.3. The van der Waals surface area contributed by atoms with E-state index >= 15 is 0 Å². The quantitative estimate of drug-likeness (QED) is 0.793. The number of anilines is 1. The van der Waals surface area contributed by atoms with E-state index < -0.39 is 11.7 Å². The summed E-state index contributed by atoms with van der Waals surface area (Å²) in [5.74, 6) is -1.50. The van der Waals surface area contributed by atoms with Crippen molar-refractivity contribution in [3.8, 4) is 0 Å². The molecule has 1 saturated carbocycles. The van der Waals surface area contributed by atoms with Gasteiger partial charge in [0.25, 0.3) is 0 Å². The molecular formula is C16H20FN3O2. The van der Waals surface area contributed by atoms with Gasteiger partial charge in [-0.1, -0.05) is 18.9 Å². The third kappa shape index (κ3) is 2.70. The van der Waals surface area contributed by atoms with E-state index in [0.717, 1.165) is 25.7 Å². The largest absolute Gasteiger partial charge is 0.349 e. The molecule has 2 aliphatic rings. The standard InChI is InChI=1S/C16H20FN3O2/c17-10-3-4-11-12(8-14(21)19-13(11)7-10)15(22)20-16(9-18)5-1-2-6-16/h3-4,7,12H,1-2,5-6,8-9,18H2,(H,19,21)(H,20,22). The van der Waals surface area contributed by atoms with Gasteiger partial charge < -0.3 is 16.4 Å². The highest BCUT2D eigenvalue weighted by molar-refractivity contribution is 6.01. The van der Waals surface area contributed by atoms with E-state index in [4.69, 9.17) is 5.73 Å². The highest BCUT2D eigenvalue weighted by atomic mass is 19.1. The van der Waals surface area contributed by atoms with Crippen molar-refractivity contribution in [2.45, 2.75) is 43.6 Å².